The van der Waals surface area contributed by atoms with Crippen molar-refractivity contribution in [3.8, 4) is 11.5 Å². The van der Waals surface area contributed by atoms with Crippen LogP contribution in [0.4, 0.5) is 0 Å². The molecule has 0 aromatic heterocycles. The molecule has 98 valence electrons. The van der Waals surface area contributed by atoms with Crippen molar-refractivity contribution in [2.24, 2.45) is 5.92 Å². The lowest BCUT2D eigenvalue weighted by molar-refractivity contribution is 0.0949. The number of carbonyl (C=O) groups is 1. The number of carbonyl (C=O) groups excluding carboxylic acids is 1. The highest BCUT2D eigenvalue weighted by Crippen LogP contribution is 2.22. The van der Waals surface area contributed by atoms with E-state index in [-0.39, 0.29) is 23.0 Å². The molecule has 18 heavy (non-hydrogen) atoms. The third-order valence-corrected chi connectivity index (χ3v) is 3.23. The van der Waals surface area contributed by atoms with Crippen molar-refractivity contribution < 1.29 is 15.0 Å². The van der Waals surface area contributed by atoms with Gasteiger partial charge in [-0.3, -0.25) is 4.79 Å². The van der Waals surface area contributed by atoms with Crippen LogP contribution in [-0.4, -0.2) is 35.8 Å². The lowest BCUT2D eigenvalue weighted by Gasteiger charge is -2.10. The van der Waals surface area contributed by atoms with Gasteiger partial charge in [0.1, 0.15) is 11.5 Å². The molecular formula is C13H18N2O3. The molecule has 1 atom stereocenters. The minimum absolute atomic E-state index is 0.0546. The maximum absolute atomic E-state index is 11.8. The normalized spacial score (nSPS) is 18.8. The summed E-state index contributed by atoms with van der Waals surface area (Å²) >= 11 is 0. The molecule has 0 radical (unpaired) electrons. The molecule has 5 heteroatoms. The molecule has 1 aliphatic heterocycles. The van der Waals surface area contributed by atoms with Gasteiger partial charge in [0.05, 0.1) is 5.56 Å². The predicted molar refractivity (Wildman–Crippen MR) is 67.7 cm³/mol. The van der Waals surface area contributed by atoms with Gasteiger partial charge in [0.25, 0.3) is 5.91 Å². The number of nitrogens with one attached hydrogen (secondary N) is 2. The molecule has 1 amide bonds. The number of hydrogen-bond donors (Lipinski definition) is 4. The minimum atomic E-state index is -0.307. The zero-order valence-electron chi connectivity index (χ0n) is 10.1. The zero-order valence-corrected chi connectivity index (χ0v) is 10.1. The fourth-order valence-electron chi connectivity index (χ4n) is 2.16. The number of rotatable bonds is 4. The number of phenolic OH excluding ortho intramolecular Hbond substituents is 2. The van der Waals surface area contributed by atoms with E-state index in [2.05, 4.69) is 10.6 Å². The molecule has 0 bridgehead atoms. The van der Waals surface area contributed by atoms with Crippen molar-refractivity contribution in [2.75, 3.05) is 19.6 Å². The van der Waals surface area contributed by atoms with Crippen molar-refractivity contribution in [3.05, 3.63) is 23.8 Å². The van der Waals surface area contributed by atoms with E-state index >= 15 is 0 Å². The summed E-state index contributed by atoms with van der Waals surface area (Å²) in [6.07, 6.45) is 2.10. The van der Waals surface area contributed by atoms with Gasteiger partial charge in [0, 0.05) is 12.6 Å². The second-order valence-electron chi connectivity index (χ2n) is 4.60. The van der Waals surface area contributed by atoms with Crippen molar-refractivity contribution in [1.29, 1.82) is 0 Å². The molecule has 4 N–H and O–H groups in total. The molecule has 5 nitrogen and oxygen atoms in total. The first kappa shape index (κ1) is 12.7. The Morgan fingerprint density at radius 1 is 1.44 bits per heavy atom. The predicted octanol–water partition coefficient (Wildman–Crippen LogP) is 0.827. The van der Waals surface area contributed by atoms with Gasteiger partial charge in [-0.25, -0.2) is 0 Å². The van der Waals surface area contributed by atoms with E-state index in [1.165, 1.54) is 12.1 Å². The van der Waals surface area contributed by atoms with Gasteiger partial charge in [-0.15, -0.1) is 0 Å². The van der Waals surface area contributed by atoms with Crippen LogP contribution >= 0.6 is 0 Å². The fourth-order valence-corrected chi connectivity index (χ4v) is 2.16. The highest BCUT2D eigenvalue weighted by atomic mass is 16.3. The van der Waals surface area contributed by atoms with Gasteiger partial charge >= 0.3 is 0 Å². The van der Waals surface area contributed by atoms with E-state index in [0.29, 0.717) is 12.5 Å². The van der Waals surface area contributed by atoms with E-state index in [0.717, 1.165) is 32.0 Å². The summed E-state index contributed by atoms with van der Waals surface area (Å²) in [5, 5.41) is 24.7. The Balaban J connectivity index is 1.83. The quantitative estimate of drug-likeness (QED) is 0.638. The SMILES string of the molecule is O=C(NCCC1CCNC1)c1ccc(O)cc1O. The lowest BCUT2D eigenvalue weighted by Crippen LogP contribution is -2.26. The topological polar surface area (TPSA) is 81.6 Å². The van der Waals surface area contributed by atoms with Crippen LogP contribution in [0.3, 0.4) is 0 Å². The molecule has 1 aliphatic rings. The monoisotopic (exact) mass is 250 g/mol. The molecule has 1 aromatic carbocycles. The van der Waals surface area contributed by atoms with Crippen LogP contribution in [-0.2, 0) is 0 Å². The molecule has 1 fully saturated rings. The third kappa shape index (κ3) is 3.13. The molecule has 0 aliphatic carbocycles. The maximum atomic E-state index is 11.8. The minimum Gasteiger partial charge on any atom is -0.508 e. The summed E-state index contributed by atoms with van der Waals surface area (Å²) in [6, 6.07) is 3.96. The van der Waals surface area contributed by atoms with Crippen molar-refractivity contribution >= 4 is 5.91 Å². The molecular weight excluding hydrogens is 232 g/mol. The first-order valence-corrected chi connectivity index (χ1v) is 6.17. The summed E-state index contributed by atoms with van der Waals surface area (Å²) in [5.74, 6) is 0.0632. The second kappa shape index (κ2) is 5.73. The Kier molecular flexibility index (Phi) is 4.04. The smallest absolute Gasteiger partial charge is 0.255 e. The largest absolute Gasteiger partial charge is 0.508 e. The van der Waals surface area contributed by atoms with Gasteiger partial charge in [0.2, 0.25) is 0 Å². The summed E-state index contributed by atoms with van der Waals surface area (Å²) in [4.78, 5) is 11.8. The number of phenols is 2. The van der Waals surface area contributed by atoms with Gasteiger partial charge in [-0.2, -0.15) is 0 Å². The Hall–Kier alpha value is -1.75. The highest BCUT2D eigenvalue weighted by molar-refractivity contribution is 5.96. The van der Waals surface area contributed by atoms with Crippen molar-refractivity contribution in [2.45, 2.75) is 12.8 Å². The highest BCUT2D eigenvalue weighted by Gasteiger charge is 2.15. The van der Waals surface area contributed by atoms with Gasteiger partial charge in [0.15, 0.2) is 0 Å². The Labute approximate surface area is 106 Å². The summed E-state index contributed by atoms with van der Waals surface area (Å²) in [7, 11) is 0. The third-order valence-electron chi connectivity index (χ3n) is 3.23. The van der Waals surface area contributed by atoms with Crippen LogP contribution in [0, 0.1) is 5.92 Å². The first-order valence-electron chi connectivity index (χ1n) is 6.17. The molecule has 1 aromatic rings. The van der Waals surface area contributed by atoms with Crippen molar-refractivity contribution in [1.82, 2.24) is 10.6 Å². The molecule has 0 saturated carbocycles. The van der Waals surface area contributed by atoms with E-state index in [1.807, 2.05) is 0 Å². The van der Waals surface area contributed by atoms with Gasteiger partial charge < -0.3 is 20.8 Å². The van der Waals surface area contributed by atoms with Crippen molar-refractivity contribution in [3.63, 3.8) is 0 Å². The van der Waals surface area contributed by atoms with E-state index in [9.17, 15) is 9.90 Å². The molecule has 1 heterocycles. The Morgan fingerprint density at radius 3 is 2.94 bits per heavy atom. The second-order valence-corrected chi connectivity index (χ2v) is 4.60. The zero-order chi connectivity index (χ0) is 13.0. The number of aromatic hydroxyl groups is 2. The summed E-state index contributed by atoms with van der Waals surface area (Å²) in [5.41, 5.74) is 0.192. The Morgan fingerprint density at radius 2 is 2.28 bits per heavy atom. The summed E-state index contributed by atoms with van der Waals surface area (Å²) < 4.78 is 0. The fraction of sp³-hybridized carbons (Fsp3) is 0.462. The molecule has 1 unspecified atom stereocenters. The van der Waals surface area contributed by atoms with Crippen LogP contribution in [0.2, 0.25) is 0 Å². The molecule has 1 saturated heterocycles. The van der Waals surface area contributed by atoms with E-state index in [4.69, 9.17) is 5.11 Å². The first-order chi connectivity index (χ1) is 8.66. The number of hydrogen-bond acceptors (Lipinski definition) is 4. The molecule has 2 rings (SSSR count). The van der Waals surface area contributed by atoms with Gasteiger partial charge in [-0.05, 0) is 44.0 Å². The van der Waals surface area contributed by atoms with Crippen LogP contribution in [0.25, 0.3) is 0 Å². The standard InChI is InChI=1S/C13H18N2O3/c16-10-1-2-11(12(17)7-10)13(18)15-6-4-9-3-5-14-8-9/h1-2,7,9,14,16-17H,3-6,8H2,(H,15,18). The maximum Gasteiger partial charge on any atom is 0.255 e. The molecule has 0 spiro atoms. The number of benzene rings is 1. The van der Waals surface area contributed by atoms with E-state index < -0.39 is 0 Å². The van der Waals surface area contributed by atoms with Gasteiger partial charge in [-0.1, -0.05) is 0 Å². The van der Waals surface area contributed by atoms with Crippen LogP contribution in [0.1, 0.15) is 23.2 Å². The van der Waals surface area contributed by atoms with Crippen LogP contribution in [0.15, 0.2) is 18.2 Å². The summed E-state index contributed by atoms with van der Waals surface area (Å²) in [6.45, 7) is 2.67. The number of amides is 1. The Bertz CT molecular complexity index is 428. The van der Waals surface area contributed by atoms with E-state index in [1.54, 1.807) is 0 Å². The lowest BCUT2D eigenvalue weighted by atomic mass is 10.1. The average Bonchev–Trinajstić information content (AvgIpc) is 2.81. The average molecular weight is 250 g/mol. The van der Waals surface area contributed by atoms with Crippen LogP contribution < -0.4 is 10.6 Å². The van der Waals surface area contributed by atoms with Crippen LogP contribution in [0.5, 0.6) is 11.5 Å².